The molecule has 8 heteroatoms. The number of H-pyrrole nitrogens is 1. The Kier molecular flexibility index (Phi) is 2.88. The minimum atomic E-state index is 0.0683. The second-order valence-electron chi connectivity index (χ2n) is 3.71. The van der Waals surface area contributed by atoms with Crippen molar-refractivity contribution in [3.8, 4) is 6.01 Å². The summed E-state index contributed by atoms with van der Waals surface area (Å²) in [6.45, 7) is 0. The molecule has 96 valence electrons. The van der Waals surface area contributed by atoms with Crippen molar-refractivity contribution in [1.82, 2.24) is 25.1 Å². The summed E-state index contributed by atoms with van der Waals surface area (Å²) in [5.41, 5.74) is 1.77. The number of nitrogens with one attached hydrogen (secondary N) is 2. The van der Waals surface area contributed by atoms with Crippen LogP contribution in [0.25, 0.3) is 10.9 Å². The highest BCUT2D eigenvalue weighted by Crippen LogP contribution is 2.20. The molecule has 1 aromatic carbocycles. The molecule has 0 spiro atoms. The largest absolute Gasteiger partial charge is 0.467 e. The van der Waals surface area contributed by atoms with Crippen molar-refractivity contribution in [2.45, 2.75) is 0 Å². The van der Waals surface area contributed by atoms with Crippen LogP contribution < -0.4 is 10.1 Å². The van der Waals surface area contributed by atoms with E-state index in [0.29, 0.717) is 5.95 Å². The highest BCUT2D eigenvalue weighted by molar-refractivity contribution is 6.28. The predicted octanol–water partition coefficient (Wildman–Crippen LogP) is 2.15. The SMILES string of the molecule is COc1nc(Cl)nc(Nc2ccc3[nH]ncc3c2)n1. The van der Waals surface area contributed by atoms with Crippen LogP contribution in [-0.2, 0) is 0 Å². The summed E-state index contributed by atoms with van der Waals surface area (Å²) in [5.74, 6) is 0.319. The van der Waals surface area contributed by atoms with Gasteiger partial charge in [-0.05, 0) is 29.8 Å². The maximum Gasteiger partial charge on any atom is 0.322 e. The summed E-state index contributed by atoms with van der Waals surface area (Å²) in [4.78, 5) is 11.8. The fraction of sp³-hybridized carbons (Fsp3) is 0.0909. The van der Waals surface area contributed by atoms with Crippen molar-refractivity contribution in [2.75, 3.05) is 12.4 Å². The normalized spacial score (nSPS) is 10.6. The summed E-state index contributed by atoms with van der Waals surface area (Å²) in [5, 5.41) is 10.9. The van der Waals surface area contributed by atoms with E-state index in [1.54, 1.807) is 6.20 Å². The van der Waals surface area contributed by atoms with E-state index in [0.717, 1.165) is 16.6 Å². The number of ether oxygens (including phenoxy) is 1. The minimum Gasteiger partial charge on any atom is -0.467 e. The number of hydrogen-bond acceptors (Lipinski definition) is 6. The fourth-order valence-electron chi connectivity index (χ4n) is 1.63. The monoisotopic (exact) mass is 276 g/mol. The Labute approximate surface area is 113 Å². The molecule has 3 rings (SSSR count). The van der Waals surface area contributed by atoms with Crippen LogP contribution in [0.5, 0.6) is 6.01 Å². The van der Waals surface area contributed by atoms with E-state index in [1.165, 1.54) is 7.11 Å². The molecule has 3 aromatic rings. The van der Waals surface area contributed by atoms with Crippen molar-refractivity contribution in [3.05, 3.63) is 29.7 Å². The third-order valence-corrected chi connectivity index (χ3v) is 2.64. The van der Waals surface area contributed by atoms with Crippen molar-refractivity contribution in [2.24, 2.45) is 0 Å². The van der Waals surface area contributed by atoms with E-state index in [9.17, 15) is 0 Å². The topological polar surface area (TPSA) is 88.6 Å². The molecule has 2 heterocycles. The van der Waals surface area contributed by atoms with E-state index in [2.05, 4.69) is 30.5 Å². The van der Waals surface area contributed by atoms with Gasteiger partial charge in [0.1, 0.15) is 0 Å². The van der Waals surface area contributed by atoms with Gasteiger partial charge in [0.05, 0.1) is 18.8 Å². The van der Waals surface area contributed by atoms with Crippen molar-refractivity contribution in [1.29, 1.82) is 0 Å². The zero-order chi connectivity index (χ0) is 13.2. The van der Waals surface area contributed by atoms with Crippen LogP contribution in [0.1, 0.15) is 0 Å². The molecule has 0 radical (unpaired) electrons. The second-order valence-corrected chi connectivity index (χ2v) is 4.05. The maximum atomic E-state index is 5.78. The third kappa shape index (κ3) is 2.41. The minimum absolute atomic E-state index is 0.0683. The number of rotatable bonds is 3. The quantitative estimate of drug-likeness (QED) is 0.762. The lowest BCUT2D eigenvalue weighted by Gasteiger charge is -2.06. The van der Waals surface area contributed by atoms with Crippen molar-refractivity contribution >= 4 is 34.1 Å². The molecule has 0 amide bonds. The molecular formula is C11H9ClN6O. The van der Waals surface area contributed by atoms with Crippen LogP contribution >= 0.6 is 11.6 Å². The number of halogens is 1. The van der Waals surface area contributed by atoms with Crippen LogP contribution in [0.2, 0.25) is 5.28 Å². The van der Waals surface area contributed by atoms with Crippen LogP contribution in [0, 0.1) is 0 Å². The van der Waals surface area contributed by atoms with Gasteiger partial charge in [-0.2, -0.15) is 20.1 Å². The van der Waals surface area contributed by atoms with E-state index in [1.807, 2.05) is 18.2 Å². The molecule has 0 aliphatic heterocycles. The van der Waals surface area contributed by atoms with Crippen molar-refractivity contribution < 1.29 is 4.74 Å². The van der Waals surface area contributed by atoms with Gasteiger partial charge in [0, 0.05) is 11.1 Å². The van der Waals surface area contributed by atoms with Gasteiger partial charge in [-0.25, -0.2) is 0 Å². The number of nitrogens with zero attached hydrogens (tertiary/aromatic N) is 4. The predicted molar refractivity (Wildman–Crippen MR) is 70.8 cm³/mol. The van der Waals surface area contributed by atoms with Gasteiger partial charge < -0.3 is 10.1 Å². The molecule has 0 aliphatic carbocycles. The maximum absolute atomic E-state index is 5.78. The molecule has 7 nitrogen and oxygen atoms in total. The van der Waals surface area contributed by atoms with E-state index in [4.69, 9.17) is 16.3 Å². The lowest BCUT2D eigenvalue weighted by molar-refractivity contribution is 0.379. The standard InChI is InChI=1S/C11H9ClN6O/c1-19-11-16-9(12)15-10(17-11)14-7-2-3-8-6(4-7)5-13-18-8/h2-5H,1H3,(H,13,18)(H,14,15,16,17). The van der Waals surface area contributed by atoms with Gasteiger partial charge in [-0.1, -0.05) is 0 Å². The Bertz CT molecular complexity index is 728. The van der Waals surface area contributed by atoms with E-state index in [-0.39, 0.29) is 11.3 Å². The molecule has 0 fully saturated rings. The highest BCUT2D eigenvalue weighted by Gasteiger charge is 2.06. The lowest BCUT2D eigenvalue weighted by atomic mass is 10.2. The van der Waals surface area contributed by atoms with Gasteiger partial charge in [0.25, 0.3) is 0 Å². The fourth-order valence-corrected chi connectivity index (χ4v) is 1.78. The molecule has 0 saturated carbocycles. The number of aromatic nitrogens is 5. The molecule has 19 heavy (non-hydrogen) atoms. The zero-order valence-corrected chi connectivity index (χ0v) is 10.6. The molecule has 0 atom stereocenters. The molecular weight excluding hydrogens is 268 g/mol. The average Bonchev–Trinajstić information content (AvgIpc) is 2.85. The first-order valence-electron chi connectivity index (χ1n) is 5.40. The van der Waals surface area contributed by atoms with Gasteiger partial charge in [-0.15, -0.1) is 0 Å². The first kappa shape index (κ1) is 11.7. The molecule has 0 aliphatic rings. The number of anilines is 2. The number of methoxy groups -OCH3 is 1. The number of benzene rings is 1. The van der Waals surface area contributed by atoms with E-state index >= 15 is 0 Å². The zero-order valence-electron chi connectivity index (χ0n) is 9.88. The molecule has 2 N–H and O–H groups in total. The lowest BCUT2D eigenvalue weighted by Crippen LogP contribution is -2.01. The summed E-state index contributed by atoms with van der Waals surface area (Å²) < 4.78 is 4.93. The van der Waals surface area contributed by atoms with Crippen LogP contribution in [-0.4, -0.2) is 32.3 Å². The summed E-state index contributed by atoms with van der Waals surface area (Å²) >= 11 is 5.78. The van der Waals surface area contributed by atoms with Crippen molar-refractivity contribution in [3.63, 3.8) is 0 Å². The first-order valence-corrected chi connectivity index (χ1v) is 5.78. The number of aromatic amines is 1. The van der Waals surface area contributed by atoms with Gasteiger partial charge in [-0.3, -0.25) is 5.10 Å². The number of fused-ring (bicyclic) bond motifs is 1. The van der Waals surface area contributed by atoms with Gasteiger partial charge >= 0.3 is 6.01 Å². The van der Waals surface area contributed by atoms with Crippen LogP contribution in [0.4, 0.5) is 11.6 Å². The molecule has 0 saturated heterocycles. The summed E-state index contributed by atoms with van der Waals surface area (Å²) in [7, 11) is 1.47. The summed E-state index contributed by atoms with van der Waals surface area (Å²) in [6, 6.07) is 5.87. The van der Waals surface area contributed by atoms with Gasteiger partial charge in [0.2, 0.25) is 11.2 Å². The smallest absolute Gasteiger partial charge is 0.322 e. The average molecular weight is 277 g/mol. The van der Waals surface area contributed by atoms with Crippen LogP contribution in [0.3, 0.4) is 0 Å². The van der Waals surface area contributed by atoms with Gasteiger partial charge in [0.15, 0.2) is 0 Å². The summed E-state index contributed by atoms with van der Waals surface area (Å²) in [6.07, 6.45) is 1.74. The molecule has 0 bridgehead atoms. The Morgan fingerprint density at radius 3 is 3.00 bits per heavy atom. The highest BCUT2D eigenvalue weighted by atomic mass is 35.5. The Hall–Kier alpha value is -2.41. The second kappa shape index (κ2) is 4.69. The number of hydrogen-bond donors (Lipinski definition) is 2. The Morgan fingerprint density at radius 2 is 2.16 bits per heavy atom. The Morgan fingerprint density at radius 1 is 1.26 bits per heavy atom. The molecule has 0 unspecified atom stereocenters. The van der Waals surface area contributed by atoms with Crippen LogP contribution in [0.15, 0.2) is 24.4 Å². The third-order valence-electron chi connectivity index (χ3n) is 2.47. The Balaban J connectivity index is 1.93. The van der Waals surface area contributed by atoms with E-state index < -0.39 is 0 Å². The molecule has 2 aromatic heterocycles. The first-order chi connectivity index (χ1) is 9.24.